The van der Waals surface area contributed by atoms with Crippen LogP contribution in [-0.4, -0.2) is 25.8 Å². The molecule has 1 aromatic rings. The monoisotopic (exact) mass is 256 g/mol. The lowest BCUT2D eigenvalue weighted by Crippen LogP contribution is -2.31. The molecule has 17 heavy (non-hydrogen) atoms. The number of aryl methyl sites for hydroxylation is 1. The van der Waals surface area contributed by atoms with Gasteiger partial charge in [-0.2, -0.15) is 4.31 Å². The minimum absolute atomic E-state index is 0.0431. The van der Waals surface area contributed by atoms with Gasteiger partial charge in [0.05, 0.1) is 13.1 Å². The number of hydrogen-bond donors (Lipinski definition) is 1. The summed E-state index contributed by atoms with van der Waals surface area (Å²) >= 11 is 0. The van der Waals surface area contributed by atoms with Crippen molar-refractivity contribution in [2.75, 3.05) is 13.1 Å². The first-order valence-electron chi connectivity index (χ1n) is 5.20. The molecule has 6 heteroatoms. The normalized spacial score (nSPS) is 11.7. The second-order valence-electron chi connectivity index (χ2n) is 3.47. The number of sulfonamides is 1. The summed E-state index contributed by atoms with van der Waals surface area (Å²) < 4.78 is 30.9. The Hall–Kier alpha value is -1.29. The third-order valence-corrected chi connectivity index (χ3v) is 4.39. The lowest BCUT2D eigenvalue weighted by Gasteiger charge is -2.16. The Morgan fingerprint density at radius 2 is 2.24 bits per heavy atom. The standard InChI is InChI=1S/C11H16N2O3S/c1-4-6-13(5-2)17(14,15)11-7-10(8-12)16-9(11)3/h1,7H,5-6,8,12H2,2-3H3. The molecule has 1 heterocycles. The number of nitrogens with zero attached hydrogens (tertiary/aromatic N) is 1. The average molecular weight is 256 g/mol. The van der Waals surface area contributed by atoms with Gasteiger partial charge < -0.3 is 10.2 Å². The van der Waals surface area contributed by atoms with Gasteiger partial charge >= 0.3 is 0 Å². The summed E-state index contributed by atoms with van der Waals surface area (Å²) in [4.78, 5) is 0.134. The minimum Gasteiger partial charge on any atom is -0.464 e. The summed E-state index contributed by atoms with van der Waals surface area (Å²) in [5.41, 5.74) is 5.41. The van der Waals surface area contributed by atoms with Crippen molar-refractivity contribution in [3.63, 3.8) is 0 Å². The smallest absolute Gasteiger partial charge is 0.247 e. The SMILES string of the molecule is C#CCN(CC)S(=O)(=O)c1cc(CN)oc1C. The summed E-state index contributed by atoms with van der Waals surface area (Å²) in [5, 5.41) is 0. The van der Waals surface area contributed by atoms with Gasteiger partial charge in [0.25, 0.3) is 0 Å². The number of rotatable bonds is 5. The highest BCUT2D eigenvalue weighted by Gasteiger charge is 2.26. The van der Waals surface area contributed by atoms with E-state index in [0.29, 0.717) is 18.1 Å². The van der Waals surface area contributed by atoms with Gasteiger partial charge in [-0.1, -0.05) is 12.8 Å². The lowest BCUT2D eigenvalue weighted by molar-refractivity contribution is 0.454. The number of terminal acetylenes is 1. The summed E-state index contributed by atoms with van der Waals surface area (Å²) in [6.07, 6.45) is 5.15. The molecule has 0 saturated carbocycles. The van der Waals surface area contributed by atoms with Gasteiger partial charge in [-0.15, -0.1) is 6.42 Å². The van der Waals surface area contributed by atoms with E-state index >= 15 is 0 Å². The molecule has 0 bridgehead atoms. The Bertz CT molecular complexity index is 525. The molecule has 0 spiro atoms. The molecule has 0 unspecified atom stereocenters. The summed E-state index contributed by atoms with van der Waals surface area (Å²) in [6, 6.07) is 1.45. The highest BCUT2D eigenvalue weighted by atomic mass is 32.2. The Kier molecular flexibility index (Phi) is 4.34. The fourth-order valence-corrected chi connectivity index (χ4v) is 3.04. The maximum atomic E-state index is 12.2. The number of nitrogens with two attached hydrogens (primary N) is 1. The van der Waals surface area contributed by atoms with Crippen molar-refractivity contribution in [1.29, 1.82) is 0 Å². The van der Waals surface area contributed by atoms with E-state index in [4.69, 9.17) is 16.6 Å². The van der Waals surface area contributed by atoms with Crippen LogP contribution in [0.15, 0.2) is 15.4 Å². The van der Waals surface area contributed by atoms with E-state index < -0.39 is 10.0 Å². The van der Waals surface area contributed by atoms with Gasteiger partial charge in [-0.3, -0.25) is 0 Å². The van der Waals surface area contributed by atoms with E-state index in [-0.39, 0.29) is 18.0 Å². The summed E-state index contributed by atoms with van der Waals surface area (Å²) in [5.74, 6) is 3.10. The van der Waals surface area contributed by atoms with Crippen molar-refractivity contribution in [3.8, 4) is 12.3 Å². The van der Waals surface area contributed by atoms with E-state index in [1.807, 2.05) is 0 Å². The van der Waals surface area contributed by atoms with Gasteiger partial charge in [-0.05, 0) is 6.92 Å². The maximum absolute atomic E-state index is 12.2. The van der Waals surface area contributed by atoms with E-state index in [1.54, 1.807) is 13.8 Å². The van der Waals surface area contributed by atoms with Gasteiger partial charge in [0, 0.05) is 12.6 Å². The summed E-state index contributed by atoms with van der Waals surface area (Å²) in [6.45, 7) is 3.85. The van der Waals surface area contributed by atoms with Crippen molar-refractivity contribution in [3.05, 3.63) is 17.6 Å². The molecule has 0 saturated heterocycles. The highest BCUT2D eigenvalue weighted by Crippen LogP contribution is 2.23. The van der Waals surface area contributed by atoms with Gasteiger partial charge in [0.15, 0.2) is 0 Å². The van der Waals surface area contributed by atoms with Gasteiger partial charge in [0.1, 0.15) is 16.4 Å². The molecule has 0 amide bonds. The topological polar surface area (TPSA) is 76.5 Å². The predicted octanol–water partition coefficient (Wildman–Crippen LogP) is 0.691. The van der Waals surface area contributed by atoms with E-state index in [2.05, 4.69) is 5.92 Å². The molecule has 1 aromatic heterocycles. The Morgan fingerprint density at radius 1 is 1.59 bits per heavy atom. The third-order valence-electron chi connectivity index (χ3n) is 2.36. The molecular formula is C11H16N2O3S. The summed E-state index contributed by atoms with van der Waals surface area (Å²) in [7, 11) is -3.59. The Morgan fingerprint density at radius 3 is 2.65 bits per heavy atom. The molecule has 0 aliphatic rings. The molecule has 0 radical (unpaired) electrons. The second-order valence-corrected chi connectivity index (χ2v) is 5.38. The van der Waals surface area contributed by atoms with E-state index in [1.165, 1.54) is 10.4 Å². The molecule has 0 fully saturated rings. The molecule has 0 aliphatic carbocycles. The Labute approximate surface area is 102 Å². The quantitative estimate of drug-likeness (QED) is 0.786. The van der Waals surface area contributed by atoms with Crippen LogP contribution >= 0.6 is 0 Å². The zero-order valence-corrected chi connectivity index (χ0v) is 10.8. The van der Waals surface area contributed by atoms with Crippen molar-refractivity contribution in [2.45, 2.75) is 25.3 Å². The zero-order chi connectivity index (χ0) is 13.1. The first-order chi connectivity index (χ1) is 7.97. The van der Waals surface area contributed by atoms with Crippen LogP contribution in [0.3, 0.4) is 0 Å². The van der Waals surface area contributed by atoms with Crippen LogP contribution in [0.4, 0.5) is 0 Å². The highest BCUT2D eigenvalue weighted by molar-refractivity contribution is 7.89. The maximum Gasteiger partial charge on any atom is 0.247 e. The van der Waals surface area contributed by atoms with Gasteiger partial charge in [0.2, 0.25) is 10.0 Å². The van der Waals surface area contributed by atoms with Crippen molar-refractivity contribution < 1.29 is 12.8 Å². The number of furan rings is 1. The molecule has 1 rings (SSSR count). The van der Waals surface area contributed by atoms with E-state index in [0.717, 1.165) is 0 Å². The second kappa shape index (κ2) is 5.36. The molecule has 0 atom stereocenters. The van der Waals surface area contributed by atoms with Crippen LogP contribution in [0, 0.1) is 19.3 Å². The van der Waals surface area contributed by atoms with Crippen molar-refractivity contribution in [1.82, 2.24) is 4.31 Å². The molecule has 0 aliphatic heterocycles. The minimum atomic E-state index is -3.59. The third kappa shape index (κ3) is 2.69. The Balaban J connectivity index is 3.20. The van der Waals surface area contributed by atoms with Crippen LogP contribution < -0.4 is 5.73 Å². The van der Waals surface area contributed by atoms with Crippen LogP contribution in [0.1, 0.15) is 18.4 Å². The lowest BCUT2D eigenvalue weighted by atomic mass is 10.4. The zero-order valence-electron chi connectivity index (χ0n) is 9.93. The van der Waals surface area contributed by atoms with Crippen molar-refractivity contribution in [2.24, 2.45) is 5.73 Å². The van der Waals surface area contributed by atoms with Crippen LogP contribution in [0.2, 0.25) is 0 Å². The van der Waals surface area contributed by atoms with E-state index in [9.17, 15) is 8.42 Å². The molecule has 0 aromatic carbocycles. The average Bonchev–Trinajstić information content (AvgIpc) is 2.67. The fraction of sp³-hybridized carbons (Fsp3) is 0.455. The first kappa shape index (κ1) is 13.8. The fourth-order valence-electron chi connectivity index (χ4n) is 1.49. The molecule has 94 valence electrons. The molecule has 2 N–H and O–H groups in total. The van der Waals surface area contributed by atoms with Crippen LogP contribution in [0.5, 0.6) is 0 Å². The van der Waals surface area contributed by atoms with Gasteiger partial charge in [-0.25, -0.2) is 8.42 Å². The van der Waals surface area contributed by atoms with Crippen LogP contribution in [0.25, 0.3) is 0 Å². The number of hydrogen-bond acceptors (Lipinski definition) is 4. The predicted molar refractivity (Wildman–Crippen MR) is 64.6 cm³/mol. The molecule has 5 nitrogen and oxygen atoms in total. The van der Waals surface area contributed by atoms with Crippen molar-refractivity contribution >= 4 is 10.0 Å². The largest absolute Gasteiger partial charge is 0.464 e. The molecular weight excluding hydrogens is 240 g/mol. The first-order valence-corrected chi connectivity index (χ1v) is 6.64. The van der Waals surface area contributed by atoms with Crippen LogP contribution in [-0.2, 0) is 16.6 Å².